The summed E-state index contributed by atoms with van der Waals surface area (Å²) in [7, 11) is 0. The Kier molecular flexibility index (Phi) is 5.64. The van der Waals surface area contributed by atoms with Crippen LogP contribution in [0.25, 0.3) is 0 Å². The maximum Gasteiger partial charge on any atom is 0.391 e. The van der Waals surface area contributed by atoms with Crippen LogP contribution < -0.4 is 5.32 Å². The molecule has 1 atom stereocenters. The van der Waals surface area contributed by atoms with E-state index in [0.29, 0.717) is 6.42 Å². The summed E-state index contributed by atoms with van der Waals surface area (Å²) in [6.07, 6.45) is -2.66. The molecule has 0 saturated heterocycles. The van der Waals surface area contributed by atoms with Gasteiger partial charge in [0.05, 0.1) is 18.4 Å². The molecule has 0 spiro atoms. The number of alkyl halides is 3. The standard InChI is InChI=1S/C13H19F3N2O/c1-2-11(7-8-17)18-12(19)9-3-5-10(6-4-9)13(14,15)16/h9-11H,2-7H2,1H3,(H,18,19). The lowest BCUT2D eigenvalue weighted by Gasteiger charge is -2.29. The van der Waals surface area contributed by atoms with Crippen LogP contribution >= 0.6 is 0 Å². The van der Waals surface area contributed by atoms with E-state index in [4.69, 9.17) is 5.26 Å². The number of nitrogens with zero attached hydrogens (tertiary/aromatic N) is 1. The molecule has 0 aromatic carbocycles. The van der Waals surface area contributed by atoms with Crippen LogP contribution in [-0.2, 0) is 4.79 Å². The van der Waals surface area contributed by atoms with Gasteiger partial charge in [-0.1, -0.05) is 6.92 Å². The first-order valence-electron chi connectivity index (χ1n) is 6.62. The molecule has 0 aromatic rings. The third-order valence-corrected chi connectivity index (χ3v) is 3.74. The van der Waals surface area contributed by atoms with Crippen molar-refractivity contribution in [2.75, 3.05) is 0 Å². The number of rotatable bonds is 4. The largest absolute Gasteiger partial charge is 0.391 e. The van der Waals surface area contributed by atoms with E-state index in [1.54, 1.807) is 0 Å². The van der Waals surface area contributed by atoms with Crippen LogP contribution in [0.1, 0.15) is 45.4 Å². The Balaban J connectivity index is 2.43. The van der Waals surface area contributed by atoms with Gasteiger partial charge < -0.3 is 5.32 Å². The summed E-state index contributed by atoms with van der Waals surface area (Å²) in [5.74, 6) is -1.81. The summed E-state index contributed by atoms with van der Waals surface area (Å²) in [6.45, 7) is 1.86. The van der Waals surface area contributed by atoms with E-state index in [1.165, 1.54) is 0 Å². The minimum atomic E-state index is -4.14. The Labute approximate surface area is 111 Å². The number of nitrogens with one attached hydrogen (secondary N) is 1. The molecule has 6 heteroatoms. The SMILES string of the molecule is CCC(CC#N)NC(=O)C1CCC(C(F)(F)F)CC1. The number of hydrogen-bond acceptors (Lipinski definition) is 2. The quantitative estimate of drug-likeness (QED) is 0.857. The normalized spacial score (nSPS) is 25.4. The highest BCUT2D eigenvalue weighted by Gasteiger charge is 2.42. The van der Waals surface area contributed by atoms with Crippen LogP contribution in [-0.4, -0.2) is 18.1 Å². The predicted molar refractivity (Wildman–Crippen MR) is 64.0 cm³/mol. The van der Waals surface area contributed by atoms with Gasteiger partial charge in [0.1, 0.15) is 0 Å². The molecule has 3 nitrogen and oxygen atoms in total. The molecule has 19 heavy (non-hydrogen) atoms. The van der Waals surface area contributed by atoms with Gasteiger partial charge in [0, 0.05) is 12.0 Å². The fourth-order valence-corrected chi connectivity index (χ4v) is 2.41. The number of nitriles is 1. The molecule has 1 aliphatic rings. The smallest absolute Gasteiger partial charge is 0.352 e. The summed E-state index contributed by atoms with van der Waals surface area (Å²) in [5, 5.41) is 11.3. The zero-order valence-electron chi connectivity index (χ0n) is 11.0. The number of carbonyl (C=O) groups excluding carboxylic acids is 1. The summed E-state index contributed by atoms with van der Waals surface area (Å²) >= 11 is 0. The number of hydrogen-bond donors (Lipinski definition) is 1. The van der Waals surface area contributed by atoms with Crippen molar-refractivity contribution in [3.8, 4) is 6.07 Å². The minimum Gasteiger partial charge on any atom is -0.352 e. The van der Waals surface area contributed by atoms with E-state index in [2.05, 4.69) is 5.32 Å². The topological polar surface area (TPSA) is 52.9 Å². The van der Waals surface area contributed by atoms with Crippen LogP contribution in [0.5, 0.6) is 0 Å². The van der Waals surface area contributed by atoms with Gasteiger partial charge in [0.2, 0.25) is 5.91 Å². The first kappa shape index (κ1) is 15.8. The molecular weight excluding hydrogens is 257 g/mol. The van der Waals surface area contributed by atoms with Crippen molar-refractivity contribution in [1.82, 2.24) is 5.32 Å². The molecule has 1 rings (SSSR count). The molecule has 0 heterocycles. The van der Waals surface area contributed by atoms with Crippen molar-refractivity contribution in [2.24, 2.45) is 11.8 Å². The van der Waals surface area contributed by atoms with E-state index < -0.39 is 12.1 Å². The molecule has 1 amide bonds. The van der Waals surface area contributed by atoms with E-state index in [0.717, 1.165) is 0 Å². The average molecular weight is 276 g/mol. The Morgan fingerprint density at radius 3 is 2.37 bits per heavy atom. The van der Waals surface area contributed by atoms with Crippen LogP contribution in [0.3, 0.4) is 0 Å². The molecule has 1 aliphatic carbocycles. The van der Waals surface area contributed by atoms with Crippen LogP contribution in [0.15, 0.2) is 0 Å². The maximum absolute atomic E-state index is 12.5. The summed E-state index contributed by atoms with van der Waals surface area (Å²) in [5.41, 5.74) is 0. The molecular formula is C13H19F3N2O. The Morgan fingerprint density at radius 1 is 1.37 bits per heavy atom. The second-order valence-electron chi connectivity index (χ2n) is 5.07. The first-order chi connectivity index (χ1) is 8.88. The molecule has 0 aliphatic heterocycles. The van der Waals surface area contributed by atoms with Crippen molar-refractivity contribution >= 4 is 5.91 Å². The molecule has 1 saturated carbocycles. The fourth-order valence-electron chi connectivity index (χ4n) is 2.41. The van der Waals surface area contributed by atoms with E-state index in [-0.39, 0.29) is 50.0 Å². The lowest BCUT2D eigenvalue weighted by molar-refractivity contribution is -0.184. The average Bonchev–Trinajstić information content (AvgIpc) is 2.37. The number of amides is 1. The predicted octanol–water partition coefficient (Wildman–Crippen LogP) is 3.16. The van der Waals surface area contributed by atoms with Crippen molar-refractivity contribution in [1.29, 1.82) is 5.26 Å². The van der Waals surface area contributed by atoms with Gasteiger partial charge in [-0.3, -0.25) is 4.79 Å². The monoisotopic (exact) mass is 276 g/mol. The van der Waals surface area contributed by atoms with Gasteiger partial charge >= 0.3 is 6.18 Å². The number of halogens is 3. The van der Waals surface area contributed by atoms with Gasteiger partial charge in [-0.25, -0.2) is 0 Å². The third-order valence-electron chi connectivity index (χ3n) is 3.74. The Bertz CT molecular complexity index is 341. The maximum atomic E-state index is 12.5. The second kappa shape index (κ2) is 6.78. The summed E-state index contributed by atoms with van der Waals surface area (Å²) in [6, 6.07) is 1.79. The molecule has 1 fully saturated rings. The van der Waals surface area contributed by atoms with Crippen LogP contribution in [0, 0.1) is 23.2 Å². The highest BCUT2D eigenvalue weighted by Crippen LogP contribution is 2.39. The van der Waals surface area contributed by atoms with Crippen LogP contribution in [0.4, 0.5) is 13.2 Å². The van der Waals surface area contributed by atoms with Crippen LogP contribution in [0.2, 0.25) is 0 Å². The van der Waals surface area contributed by atoms with E-state index in [1.807, 2.05) is 13.0 Å². The summed E-state index contributed by atoms with van der Waals surface area (Å²) < 4.78 is 37.5. The second-order valence-corrected chi connectivity index (χ2v) is 5.07. The van der Waals surface area contributed by atoms with Gasteiger partial charge in [-0.15, -0.1) is 0 Å². The van der Waals surface area contributed by atoms with Gasteiger partial charge in [0.15, 0.2) is 0 Å². The molecule has 0 aromatic heterocycles. The van der Waals surface area contributed by atoms with Crippen molar-refractivity contribution in [3.05, 3.63) is 0 Å². The molecule has 0 bridgehead atoms. The van der Waals surface area contributed by atoms with Gasteiger partial charge in [-0.2, -0.15) is 18.4 Å². The highest BCUT2D eigenvalue weighted by molar-refractivity contribution is 5.79. The lowest BCUT2D eigenvalue weighted by atomic mass is 9.81. The Morgan fingerprint density at radius 2 is 1.95 bits per heavy atom. The zero-order chi connectivity index (χ0) is 14.5. The van der Waals surface area contributed by atoms with Gasteiger partial charge in [-0.05, 0) is 32.1 Å². The molecule has 0 radical (unpaired) electrons. The van der Waals surface area contributed by atoms with E-state index in [9.17, 15) is 18.0 Å². The first-order valence-corrected chi connectivity index (χ1v) is 6.62. The lowest BCUT2D eigenvalue weighted by Crippen LogP contribution is -2.40. The highest BCUT2D eigenvalue weighted by atomic mass is 19.4. The molecule has 108 valence electrons. The zero-order valence-corrected chi connectivity index (χ0v) is 11.0. The Hall–Kier alpha value is -1.25. The minimum absolute atomic E-state index is 0.0244. The van der Waals surface area contributed by atoms with Crippen molar-refractivity contribution < 1.29 is 18.0 Å². The third kappa shape index (κ3) is 4.73. The number of carbonyl (C=O) groups is 1. The summed E-state index contributed by atoms with van der Waals surface area (Å²) in [4.78, 5) is 11.9. The van der Waals surface area contributed by atoms with E-state index >= 15 is 0 Å². The van der Waals surface area contributed by atoms with Crippen molar-refractivity contribution in [3.63, 3.8) is 0 Å². The fraction of sp³-hybridized carbons (Fsp3) is 0.846. The molecule has 1 unspecified atom stereocenters. The van der Waals surface area contributed by atoms with Gasteiger partial charge in [0.25, 0.3) is 0 Å². The molecule has 1 N–H and O–H groups in total. The van der Waals surface area contributed by atoms with Crippen molar-refractivity contribution in [2.45, 2.75) is 57.7 Å².